The first kappa shape index (κ1) is 19.1. The zero-order chi connectivity index (χ0) is 19.3. The number of esters is 1. The summed E-state index contributed by atoms with van der Waals surface area (Å²) in [6.45, 7) is 1.58. The zero-order valence-corrected chi connectivity index (χ0v) is 15.0. The summed E-state index contributed by atoms with van der Waals surface area (Å²) in [7, 11) is -1.82. The molecular formula is C15H16N4O6S. The number of hydrogen-bond donors (Lipinski definition) is 2. The molecule has 0 spiro atoms. The zero-order valence-electron chi connectivity index (χ0n) is 14.1. The SMILES string of the molecule is COC(=O)c1ccccc1S(=O)(=O)NC(=O)Nc1cc(OC)nc(C)n1. The Morgan fingerprint density at radius 1 is 1.12 bits per heavy atom. The molecule has 2 aromatic rings. The molecule has 26 heavy (non-hydrogen) atoms. The molecule has 0 radical (unpaired) electrons. The minimum atomic E-state index is -4.33. The smallest absolute Gasteiger partial charge is 0.339 e. The molecule has 0 saturated carbocycles. The maximum Gasteiger partial charge on any atom is 0.339 e. The molecule has 0 aliphatic rings. The van der Waals surface area contributed by atoms with Crippen molar-refractivity contribution in [2.75, 3.05) is 19.5 Å². The van der Waals surface area contributed by atoms with Crippen LogP contribution >= 0.6 is 0 Å². The number of rotatable bonds is 5. The second-order valence-corrected chi connectivity index (χ2v) is 6.54. The first-order valence-corrected chi connectivity index (χ1v) is 8.66. The van der Waals surface area contributed by atoms with Gasteiger partial charge in [-0.25, -0.2) is 27.7 Å². The molecule has 0 fully saturated rings. The molecule has 1 aromatic carbocycles. The van der Waals surface area contributed by atoms with Crippen LogP contribution in [0, 0.1) is 6.92 Å². The molecule has 0 unspecified atom stereocenters. The van der Waals surface area contributed by atoms with Crippen LogP contribution in [0.3, 0.4) is 0 Å². The maximum absolute atomic E-state index is 12.4. The van der Waals surface area contributed by atoms with Crippen molar-refractivity contribution in [2.45, 2.75) is 11.8 Å². The van der Waals surface area contributed by atoms with Crippen LogP contribution in [0.1, 0.15) is 16.2 Å². The lowest BCUT2D eigenvalue weighted by Gasteiger charge is -2.11. The number of benzene rings is 1. The molecule has 10 nitrogen and oxygen atoms in total. The average Bonchev–Trinajstić information content (AvgIpc) is 2.59. The number of amides is 2. The average molecular weight is 380 g/mol. The lowest BCUT2D eigenvalue weighted by Crippen LogP contribution is -2.35. The van der Waals surface area contributed by atoms with E-state index in [0.29, 0.717) is 5.82 Å². The molecule has 2 rings (SSSR count). The highest BCUT2D eigenvalue weighted by molar-refractivity contribution is 7.90. The van der Waals surface area contributed by atoms with Crippen LogP contribution in [0.25, 0.3) is 0 Å². The molecule has 0 saturated heterocycles. The van der Waals surface area contributed by atoms with E-state index in [-0.39, 0.29) is 17.3 Å². The molecule has 0 aliphatic carbocycles. The molecular weight excluding hydrogens is 364 g/mol. The van der Waals surface area contributed by atoms with E-state index in [4.69, 9.17) is 4.74 Å². The highest BCUT2D eigenvalue weighted by Gasteiger charge is 2.24. The molecule has 0 bridgehead atoms. The highest BCUT2D eigenvalue weighted by Crippen LogP contribution is 2.17. The lowest BCUT2D eigenvalue weighted by atomic mass is 10.2. The molecule has 138 valence electrons. The Morgan fingerprint density at radius 2 is 1.81 bits per heavy atom. The van der Waals surface area contributed by atoms with Crippen molar-refractivity contribution in [1.82, 2.24) is 14.7 Å². The molecule has 0 atom stereocenters. The van der Waals surface area contributed by atoms with Crippen LogP contribution in [-0.2, 0) is 14.8 Å². The van der Waals surface area contributed by atoms with E-state index in [2.05, 4.69) is 20.0 Å². The van der Waals surface area contributed by atoms with Gasteiger partial charge in [0.2, 0.25) is 5.88 Å². The summed E-state index contributed by atoms with van der Waals surface area (Å²) >= 11 is 0. The van der Waals surface area contributed by atoms with E-state index in [1.807, 2.05) is 4.72 Å². The molecule has 1 heterocycles. The lowest BCUT2D eigenvalue weighted by molar-refractivity contribution is 0.0596. The van der Waals surface area contributed by atoms with Crippen LogP contribution in [0.15, 0.2) is 35.2 Å². The summed E-state index contributed by atoms with van der Waals surface area (Å²) in [5.74, 6) is -0.281. The number of aromatic nitrogens is 2. The van der Waals surface area contributed by atoms with Gasteiger partial charge in [-0.1, -0.05) is 12.1 Å². The Hall–Kier alpha value is -3.21. The second kappa shape index (κ2) is 7.78. The minimum absolute atomic E-state index is 0.0447. The molecule has 0 aliphatic heterocycles. The van der Waals surface area contributed by atoms with Crippen molar-refractivity contribution in [3.05, 3.63) is 41.7 Å². The van der Waals surface area contributed by atoms with Crippen molar-refractivity contribution in [3.63, 3.8) is 0 Å². The fourth-order valence-corrected chi connectivity index (χ4v) is 3.11. The quantitative estimate of drug-likeness (QED) is 0.736. The van der Waals surface area contributed by atoms with Gasteiger partial charge in [0.05, 0.1) is 19.8 Å². The highest BCUT2D eigenvalue weighted by atomic mass is 32.2. The van der Waals surface area contributed by atoms with Gasteiger partial charge in [-0.3, -0.25) is 5.32 Å². The predicted molar refractivity (Wildman–Crippen MR) is 90.4 cm³/mol. The largest absolute Gasteiger partial charge is 0.481 e. The van der Waals surface area contributed by atoms with Crippen molar-refractivity contribution in [3.8, 4) is 5.88 Å². The number of methoxy groups -OCH3 is 2. The monoisotopic (exact) mass is 380 g/mol. The number of carbonyl (C=O) groups is 2. The second-order valence-electron chi connectivity index (χ2n) is 4.89. The van der Waals surface area contributed by atoms with Gasteiger partial charge < -0.3 is 9.47 Å². The van der Waals surface area contributed by atoms with E-state index < -0.39 is 26.9 Å². The Labute approximate surface area is 149 Å². The molecule has 2 amide bonds. The van der Waals surface area contributed by atoms with Gasteiger partial charge in [-0.15, -0.1) is 0 Å². The molecule has 11 heteroatoms. The van der Waals surface area contributed by atoms with Gasteiger partial charge in [-0.05, 0) is 19.1 Å². The third-order valence-electron chi connectivity index (χ3n) is 3.07. The summed E-state index contributed by atoms with van der Waals surface area (Å²) in [6, 6.07) is 5.60. The van der Waals surface area contributed by atoms with Gasteiger partial charge in [0.25, 0.3) is 10.0 Å². The van der Waals surface area contributed by atoms with E-state index in [1.165, 1.54) is 37.4 Å². The van der Waals surface area contributed by atoms with Crippen LogP contribution in [-0.4, -0.2) is 44.6 Å². The van der Waals surface area contributed by atoms with Gasteiger partial charge in [0.15, 0.2) is 0 Å². The number of nitrogens with one attached hydrogen (secondary N) is 2. The number of sulfonamides is 1. The van der Waals surface area contributed by atoms with Crippen molar-refractivity contribution in [1.29, 1.82) is 0 Å². The third-order valence-corrected chi connectivity index (χ3v) is 4.46. The number of nitrogens with zero attached hydrogens (tertiary/aromatic N) is 2. The van der Waals surface area contributed by atoms with Gasteiger partial charge in [-0.2, -0.15) is 4.98 Å². The maximum atomic E-state index is 12.4. The summed E-state index contributed by atoms with van der Waals surface area (Å²) in [4.78, 5) is 31.3. The molecule has 1 aromatic heterocycles. The van der Waals surface area contributed by atoms with Crippen molar-refractivity contribution in [2.24, 2.45) is 0 Å². The summed E-state index contributed by atoms with van der Waals surface area (Å²) in [5.41, 5.74) is -0.199. The van der Waals surface area contributed by atoms with E-state index in [0.717, 1.165) is 7.11 Å². The normalized spacial score (nSPS) is 10.7. The summed E-state index contributed by atoms with van der Waals surface area (Å²) in [6.07, 6.45) is 0. The Morgan fingerprint density at radius 3 is 2.46 bits per heavy atom. The standard InChI is InChI=1S/C15H16N4O6S/c1-9-16-12(8-13(17-9)24-2)18-15(21)19-26(22,23)11-7-5-4-6-10(11)14(20)25-3/h4-8H,1-3H3,(H2,16,17,18,19,21). The number of hydrogen-bond acceptors (Lipinski definition) is 8. The van der Waals surface area contributed by atoms with Crippen LogP contribution in [0.2, 0.25) is 0 Å². The Bertz CT molecular complexity index is 945. The summed E-state index contributed by atoms with van der Waals surface area (Å²) in [5, 5.41) is 2.27. The van der Waals surface area contributed by atoms with E-state index in [9.17, 15) is 18.0 Å². The van der Waals surface area contributed by atoms with E-state index >= 15 is 0 Å². The van der Waals surface area contributed by atoms with Crippen molar-refractivity contribution < 1.29 is 27.5 Å². The van der Waals surface area contributed by atoms with Crippen LogP contribution in [0.4, 0.5) is 10.6 Å². The third kappa shape index (κ3) is 4.45. The Kier molecular flexibility index (Phi) is 5.72. The predicted octanol–water partition coefficient (Wildman–Crippen LogP) is 1.09. The fraction of sp³-hybridized carbons (Fsp3) is 0.200. The van der Waals surface area contributed by atoms with Crippen LogP contribution in [0.5, 0.6) is 5.88 Å². The van der Waals surface area contributed by atoms with Gasteiger partial charge in [0, 0.05) is 6.07 Å². The molecule has 2 N–H and O–H groups in total. The number of ether oxygens (including phenoxy) is 2. The first-order valence-electron chi connectivity index (χ1n) is 7.17. The number of urea groups is 1. The first-order chi connectivity index (χ1) is 12.3. The van der Waals surface area contributed by atoms with Gasteiger partial charge in [0.1, 0.15) is 16.5 Å². The number of aryl methyl sites for hydroxylation is 1. The Balaban J connectivity index is 2.24. The summed E-state index contributed by atoms with van der Waals surface area (Å²) < 4.78 is 36.2. The van der Waals surface area contributed by atoms with E-state index in [1.54, 1.807) is 6.92 Å². The van der Waals surface area contributed by atoms with Crippen LogP contribution < -0.4 is 14.8 Å². The van der Waals surface area contributed by atoms with Crippen molar-refractivity contribution >= 4 is 27.8 Å². The minimum Gasteiger partial charge on any atom is -0.481 e. The van der Waals surface area contributed by atoms with Gasteiger partial charge >= 0.3 is 12.0 Å². The topological polar surface area (TPSA) is 137 Å². The fourth-order valence-electron chi connectivity index (χ4n) is 2.01. The number of anilines is 1. The number of carbonyl (C=O) groups excluding carboxylic acids is 2.